The predicted molar refractivity (Wildman–Crippen MR) is 121 cm³/mol. The second kappa shape index (κ2) is 8.93. The van der Waals surface area contributed by atoms with Crippen LogP contribution in [0.3, 0.4) is 0 Å². The quantitative estimate of drug-likeness (QED) is 0.575. The maximum absolute atomic E-state index is 14.2. The third-order valence-electron chi connectivity index (χ3n) is 5.24. The van der Waals surface area contributed by atoms with Gasteiger partial charge in [0.1, 0.15) is 15.7 Å². The van der Waals surface area contributed by atoms with Gasteiger partial charge in [-0.2, -0.15) is 0 Å². The average molecular weight is 442 g/mol. The zero-order valence-electron chi connectivity index (χ0n) is 17.7. The number of aromatic nitrogens is 1. The van der Waals surface area contributed by atoms with E-state index >= 15 is 0 Å². The molecule has 162 valence electrons. The predicted octanol–water partition coefficient (Wildman–Crippen LogP) is 5.13. The Morgan fingerprint density at radius 2 is 1.84 bits per heavy atom. The molecule has 2 heterocycles. The van der Waals surface area contributed by atoms with Crippen molar-refractivity contribution in [3.05, 3.63) is 52.8 Å². The van der Waals surface area contributed by atoms with E-state index in [4.69, 9.17) is 9.47 Å². The van der Waals surface area contributed by atoms with Crippen LogP contribution < -0.4 is 19.7 Å². The summed E-state index contributed by atoms with van der Waals surface area (Å²) in [6.45, 7) is 3.59. The summed E-state index contributed by atoms with van der Waals surface area (Å²) in [5.41, 5.74) is 2.67. The van der Waals surface area contributed by atoms with Gasteiger partial charge in [-0.25, -0.2) is 9.37 Å². The molecule has 1 saturated heterocycles. The minimum absolute atomic E-state index is 0.306. The van der Waals surface area contributed by atoms with Crippen LogP contribution in [-0.4, -0.2) is 38.2 Å². The molecule has 0 saturated carbocycles. The number of hydrogen-bond donors (Lipinski definition) is 1. The Labute approximate surface area is 184 Å². The molecule has 6 nitrogen and oxygen atoms in total. The number of carbonyl (C=O) groups is 1. The van der Waals surface area contributed by atoms with Crippen LogP contribution in [0.15, 0.2) is 36.4 Å². The van der Waals surface area contributed by atoms with Gasteiger partial charge in [0, 0.05) is 30.0 Å². The first-order chi connectivity index (χ1) is 15.0. The van der Waals surface area contributed by atoms with Crippen LogP contribution in [0.5, 0.6) is 11.5 Å². The van der Waals surface area contributed by atoms with E-state index in [9.17, 15) is 9.18 Å². The first kappa shape index (κ1) is 21.1. The summed E-state index contributed by atoms with van der Waals surface area (Å²) in [5.74, 6) is 0.539. The molecule has 2 aromatic carbocycles. The highest BCUT2D eigenvalue weighted by Gasteiger charge is 2.19. The number of nitrogens with one attached hydrogen (secondary N) is 1. The van der Waals surface area contributed by atoms with Gasteiger partial charge in [-0.3, -0.25) is 4.79 Å². The van der Waals surface area contributed by atoms with Gasteiger partial charge >= 0.3 is 0 Å². The van der Waals surface area contributed by atoms with Gasteiger partial charge in [-0.15, -0.1) is 11.3 Å². The fraction of sp³-hybridized carbons (Fsp3) is 0.304. The molecule has 31 heavy (non-hydrogen) atoms. The van der Waals surface area contributed by atoms with Crippen molar-refractivity contribution in [1.29, 1.82) is 0 Å². The highest BCUT2D eigenvalue weighted by molar-refractivity contribution is 7.17. The van der Waals surface area contributed by atoms with Crippen LogP contribution in [0.2, 0.25) is 0 Å². The molecule has 1 aromatic heterocycles. The van der Waals surface area contributed by atoms with Crippen molar-refractivity contribution in [2.24, 2.45) is 0 Å². The summed E-state index contributed by atoms with van der Waals surface area (Å²) in [5, 5.41) is 3.52. The van der Waals surface area contributed by atoms with Gasteiger partial charge in [-0.05, 0) is 56.2 Å². The maximum atomic E-state index is 14.2. The zero-order valence-corrected chi connectivity index (χ0v) is 18.5. The van der Waals surface area contributed by atoms with Gasteiger partial charge in [-0.1, -0.05) is 0 Å². The van der Waals surface area contributed by atoms with E-state index in [0.717, 1.165) is 37.2 Å². The molecule has 0 aliphatic carbocycles. The van der Waals surface area contributed by atoms with Gasteiger partial charge < -0.3 is 19.7 Å². The van der Waals surface area contributed by atoms with Crippen LogP contribution in [0.25, 0.3) is 10.6 Å². The monoisotopic (exact) mass is 441 g/mol. The van der Waals surface area contributed by atoms with Crippen molar-refractivity contribution in [1.82, 2.24) is 4.98 Å². The van der Waals surface area contributed by atoms with E-state index in [1.807, 2.05) is 18.2 Å². The lowest BCUT2D eigenvalue weighted by molar-refractivity contribution is 0.103. The van der Waals surface area contributed by atoms with E-state index < -0.39 is 0 Å². The molecule has 4 rings (SSSR count). The molecule has 1 aliphatic heterocycles. The van der Waals surface area contributed by atoms with Crippen molar-refractivity contribution in [2.45, 2.75) is 19.8 Å². The second-order valence-corrected chi connectivity index (χ2v) is 8.35. The number of methoxy groups -OCH3 is 2. The number of benzene rings is 2. The highest BCUT2D eigenvalue weighted by atomic mass is 32.1. The van der Waals surface area contributed by atoms with Crippen LogP contribution in [0, 0.1) is 12.7 Å². The molecule has 8 heteroatoms. The van der Waals surface area contributed by atoms with Crippen molar-refractivity contribution in [2.75, 3.05) is 37.5 Å². The number of halogens is 1. The number of anilines is 2. The largest absolute Gasteiger partial charge is 0.493 e. The Morgan fingerprint density at radius 3 is 2.55 bits per heavy atom. The molecular weight excluding hydrogens is 417 g/mol. The molecule has 0 unspecified atom stereocenters. The number of nitrogens with zero attached hydrogens (tertiary/aromatic N) is 2. The summed E-state index contributed by atoms with van der Waals surface area (Å²) < 4.78 is 24.8. The summed E-state index contributed by atoms with van der Waals surface area (Å²) in [6, 6.07) is 10.2. The third kappa shape index (κ3) is 4.49. The van der Waals surface area contributed by atoms with Crippen molar-refractivity contribution < 1.29 is 18.7 Å². The van der Waals surface area contributed by atoms with Crippen molar-refractivity contribution in [3.8, 4) is 22.1 Å². The van der Waals surface area contributed by atoms with Gasteiger partial charge in [0.2, 0.25) is 0 Å². The number of rotatable bonds is 6. The Kier molecular flexibility index (Phi) is 6.08. The Balaban J connectivity index is 1.57. The molecule has 0 atom stereocenters. The van der Waals surface area contributed by atoms with Crippen molar-refractivity contribution in [3.63, 3.8) is 0 Å². The lowest BCUT2D eigenvalue weighted by Crippen LogP contribution is -2.18. The van der Waals surface area contributed by atoms with E-state index in [1.165, 1.54) is 23.5 Å². The van der Waals surface area contributed by atoms with Crippen molar-refractivity contribution >= 4 is 28.6 Å². The fourth-order valence-corrected chi connectivity index (χ4v) is 4.65. The smallest absolute Gasteiger partial charge is 0.267 e. The first-order valence-electron chi connectivity index (χ1n) is 10.0. The minimum Gasteiger partial charge on any atom is -0.493 e. The normalized spacial score (nSPS) is 13.4. The first-order valence-corrected chi connectivity index (χ1v) is 10.9. The number of aryl methyl sites for hydroxylation is 1. The highest BCUT2D eigenvalue weighted by Crippen LogP contribution is 2.35. The van der Waals surface area contributed by atoms with Gasteiger partial charge in [0.15, 0.2) is 11.5 Å². The third-order valence-corrected chi connectivity index (χ3v) is 6.45. The van der Waals surface area contributed by atoms with Gasteiger partial charge in [0.25, 0.3) is 5.91 Å². The summed E-state index contributed by atoms with van der Waals surface area (Å²) in [7, 11) is 3.15. The lowest BCUT2D eigenvalue weighted by atomic mass is 10.2. The molecule has 1 aliphatic rings. The second-order valence-electron chi connectivity index (χ2n) is 7.35. The Morgan fingerprint density at radius 1 is 1.10 bits per heavy atom. The van der Waals surface area contributed by atoms with E-state index in [-0.39, 0.29) is 11.7 Å². The summed E-state index contributed by atoms with van der Waals surface area (Å²) in [6.07, 6.45) is 2.19. The standard InChI is InChI=1S/C23H24FN3O3S/c1-14-21(31-23(25-14)15-6-7-19(29-2)20(10-15)30-3)22(28)26-17-11-16(24)12-18(13-17)27-8-4-5-9-27/h6-7,10-13H,4-5,8-9H2,1-3H3,(H,26,28). The molecular formula is C23H24FN3O3S. The maximum Gasteiger partial charge on any atom is 0.267 e. The number of ether oxygens (including phenoxy) is 2. The average Bonchev–Trinajstić information content (AvgIpc) is 3.43. The SMILES string of the molecule is COc1ccc(-c2nc(C)c(C(=O)Nc3cc(F)cc(N4CCCC4)c3)s2)cc1OC. The van der Waals surface area contributed by atoms with Crippen LogP contribution in [0.1, 0.15) is 28.2 Å². The minimum atomic E-state index is -0.369. The Bertz CT molecular complexity index is 1110. The molecule has 3 aromatic rings. The van der Waals surface area contributed by atoms with Crippen LogP contribution >= 0.6 is 11.3 Å². The molecule has 0 radical (unpaired) electrons. The number of carbonyl (C=O) groups excluding carboxylic acids is 1. The zero-order chi connectivity index (χ0) is 22.0. The molecule has 1 fully saturated rings. The molecule has 1 N–H and O–H groups in total. The van der Waals surface area contributed by atoms with E-state index in [1.54, 1.807) is 27.2 Å². The number of thiazole rings is 1. The number of amides is 1. The molecule has 0 bridgehead atoms. The van der Waals surface area contributed by atoms with Crippen LogP contribution in [0.4, 0.5) is 15.8 Å². The topological polar surface area (TPSA) is 63.7 Å². The molecule has 0 spiro atoms. The molecule has 1 amide bonds. The fourth-order valence-electron chi connectivity index (χ4n) is 3.69. The van der Waals surface area contributed by atoms with E-state index in [0.29, 0.717) is 32.8 Å². The summed E-state index contributed by atoms with van der Waals surface area (Å²) >= 11 is 1.28. The van der Waals surface area contributed by atoms with Gasteiger partial charge in [0.05, 0.1) is 19.9 Å². The lowest BCUT2D eigenvalue weighted by Gasteiger charge is -2.18. The van der Waals surface area contributed by atoms with Crippen LogP contribution in [-0.2, 0) is 0 Å². The summed E-state index contributed by atoms with van der Waals surface area (Å²) in [4.78, 5) is 20.1. The van der Waals surface area contributed by atoms with E-state index in [2.05, 4.69) is 15.2 Å². The Hall–Kier alpha value is -3.13. The number of hydrogen-bond acceptors (Lipinski definition) is 6.